The average Bonchev–Trinajstić information content (AvgIpc) is 2.61. The molecule has 3 rings (SSSR count). The predicted octanol–water partition coefficient (Wildman–Crippen LogP) is -0.672. The largest absolute Gasteiger partial charge is 0.357 e. The molecule has 3 aromatic rings. The van der Waals surface area contributed by atoms with E-state index < -0.39 is 20.8 Å². The van der Waals surface area contributed by atoms with Gasteiger partial charge in [0.15, 0.2) is 11.4 Å². The molecule has 2 aromatic carbocycles. The van der Waals surface area contributed by atoms with Gasteiger partial charge in [-0.2, -0.15) is 4.57 Å². The molecule has 0 spiro atoms. The van der Waals surface area contributed by atoms with Crippen LogP contribution in [0.2, 0.25) is 0 Å². The fourth-order valence-electron chi connectivity index (χ4n) is 2.89. The van der Waals surface area contributed by atoms with E-state index in [9.17, 15) is 8.42 Å². The number of sulfonamides is 1. The molecule has 148 valence electrons. The third-order valence-corrected chi connectivity index (χ3v) is 4.89. The summed E-state index contributed by atoms with van der Waals surface area (Å²) in [6, 6.07) is 21.0. The maximum atomic E-state index is 11.4. The molecule has 0 aliphatic heterocycles. The number of hydrogen-bond acceptors (Lipinski definition) is 5. The summed E-state index contributed by atoms with van der Waals surface area (Å²) < 4.78 is 50.1. The molecule has 0 radical (unpaired) electrons. The Hall–Kier alpha value is -2.33. The van der Waals surface area contributed by atoms with Gasteiger partial charge in [0.05, 0.1) is 15.7 Å². The molecule has 1 aromatic heterocycles. The summed E-state index contributed by atoms with van der Waals surface area (Å²) in [5.41, 5.74) is 5.36. The Bertz CT molecular complexity index is 1010. The van der Waals surface area contributed by atoms with Crippen molar-refractivity contribution in [3.8, 4) is 16.8 Å². The van der Waals surface area contributed by atoms with Crippen LogP contribution in [0.3, 0.4) is 0 Å². The number of primary sulfonamides is 1. The zero-order chi connectivity index (χ0) is 20.9. The maximum Gasteiger partial charge on any atom is 0.238 e. The second-order valence-corrected chi connectivity index (χ2v) is 7.90. The van der Waals surface area contributed by atoms with Crippen molar-refractivity contribution >= 4 is 10.0 Å². The number of nitrogens with zero attached hydrogens (tertiary/aromatic N) is 1. The van der Waals surface area contributed by atoms with Gasteiger partial charge in [-0.1, -0.05) is 30.3 Å². The van der Waals surface area contributed by atoms with E-state index in [4.69, 9.17) is 19.1 Å². The molecule has 28 heavy (non-hydrogen) atoms. The molecule has 0 aliphatic rings. The van der Waals surface area contributed by atoms with Crippen LogP contribution in [0.1, 0.15) is 11.4 Å². The summed E-state index contributed by atoms with van der Waals surface area (Å²) in [6.45, 7) is 4.07. The molecule has 0 atom stereocenters. The van der Waals surface area contributed by atoms with Crippen LogP contribution in [-0.4, -0.2) is 8.42 Å². The van der Waals surface area contributed by atoms with Crippen molar-refractivity contribution in [2.45, 2.75) is 18.7 Å². The molecule has 0 fully saturated rings. The Kier molecular flexibility index (Phi) is 7.25. The topological polar surface area (TPSA) is 133 Å². The maximum absolute atomic E-state index is 11.4. The molecule has 0 aliphatic carbocycles. The highest BCUT2D eigenvalue weighted by Crippen LogP contribution is 2.21. The number of aromatic nitrogens is 1. The first-order valence-electron chi connectivity index (χ1n) is 8.04. The van der Waals surface area contributed by atoms with Crippen LogP contribution in [0, 0.1) is 24.6 Å². The number of pyridine rings is 1. The lowest BCUT2D eigenvalue weighted by atomic mass is 10.0. The molecular weight excluding hydrogens is 404 g/mol. The van der Waals surface area contributed by atoms with Crippen LogP contribution < -0.4 is 23.7 Å². The molecule has 2 N–H and O–H groups in total. The highest BCUT2D eigenvalue weighted by Gasteiger charge is 2.17. The fraction of sp³-hybridized carbons (Fsp3) is 0.105. The minimum atomic E-state index is -3.67. The Labute approximate surface area is 166 Å². The van der Waals surface area contributed by atoms with Gasteiger partial charge >= 0.3 is 0 Å². The zero-order valence-corrected chi connectivity index (χ0v) is 16.8. The first-order valence-corrected chi connectivity index (χ1v) is 10.5. The zero-order valence-electron chi connectivity index (χ0n) is 15.2. The average molecular weight is 423 g/mol. The van der Waals surface area contributed by atoms with E-state index in [1.54, 1.807) is 12.1 Å². The third kappa shape index (κ3) is 5.83. The van der Waals surface area contributed by atoms with Crippen molar-refractivity contribution in [3.63, 3.8) is 0 Å². The lowest BCUT2D eigenvalue weighted by Gasteiger charge is -2.08. The second kappa shape index (κ2) is 9.24. The summed E-state index contributed by atoms with van der Waals surface area (Å²) in [6.07, 6.45) is 0. The number of hydrogen-bond donors (Lipinski definition) is 1. The molecule has 0 bridgehead atoms. The van der Waals surface area contributed by atoms with E-state index in [1.165, 1.54) is 17.7 Å². The molecule has 0 saturated heterocycles. The van der Waals surface area contributed by atoms with Gasteiger partial charge in [-0.05, 0) is 23.3 Å². The summed E-state index contributed by atoms with van der Waals surface area (Å²) >= 11 is 0. The van der Waals surface area contributed by atoms with E-state index in [-0.39, 0.29) is 4.90 Å². The Morgan fingerprint density at radius 2 is 1.29 bits per heavy atom. The molecule has 0 amide bonds. The summed E-state index contributed by atoms with van der Waals surface area (Å²) in [4.78, 5) is 0.114. The highest BCUT2D eigenvalue weighted by atomic mass is 35.6. The summed E-state index contributed by atoms with van der Waals surface area (Å²) in [5.74, 6) is 0. The van der Waals surface area contributed by atoms with Crippen molar-refractivity contribution < 1.29 is 37.7 Å². The molecule has 0 unspecified atom stereocenters. The van der Waals surface area contributed by atoms with Crippen molar-refractivity contribution in [2.75, 3.05) is 0 Å². The number of nitrogens with two attached hydrogens (primary N) is 1. The van der Waals surface area contributed by atoms with Gasteiger partial charge in [-0.15, -0.1) is 0 Å². The number of aryl methyl sites for hydroxylation is 2. The Morgan fingerprint density at radius 3 is 1.71 bits per heavy atom. The van der Waals surface area contributed by atoms with Crippen LogP contribution in [0.4, 0.5) is 0 Å². The standard InChI is InChI=1S/C19H19N2O2S.ClO3/c1-14-12-17(16-6-4-3-5-7-16)13-15(2)21(14)18-8-10-19(11-9-18)24(20,22)23;2-1(3)4/h3-13H,1-2H3,(H2,20,22,23);/q+1;-1. The third-order valence-electron chi connectivity index (χ3n) is 3.96. The molecule has 0 saturated carbocycles. The van der Waals surface area contributed by atoms with E-state index >= 15 is 0 Å². The molecular formula is C19H19ClN2O5S. The van der Waals surface area contributed by atoms with Crippen molar-refractivity contribution in [2.24, 2.45) is 5.14 Å². The minimum absolute atomic E-state index is 0.114. The van der Waals surface area contributed by atoms with Gasteiger partial charge in [0.1, 0.15) is 0 Å². The summed E-state index contributed by atoms with van der Waals surface area (Å²) in [7, 11) is -6.53. The van der Waals surface area contributed by atoms with Crippen molar-refractivity contribution in [1.82, 2.24) is 0 Å². The Balaban J connectivity index is 0.000000640. The second-order valence-electron chi connectivity index (χ2n) is 5.96. The molecule has 1 heterocycles. The lowest BCUT2D eigenvalue weighted by Crippen LogP contribution is -2.42. The van der Waals surface area contributed by atoms with Crippen molar-refractivity contribution in [1.29, 1.82) is 0 Å². The van der Waals surface area contributed by atoms with Crippen LogP contribution in [-0.2, 0) is 10.0 Å². The quantitative estimate of drug-likeness (QED) is 0.558. The van der Waals surface area contributed by atoms with E-state index in [0.717, 1.165) is 22.6 Å². The van der Waals surface area contributed by atoms with Gasteiger partial charge < -0.3 is 14.0 Å². The number of rotatable bonds is 3. The first kappa shape index (κ1) is 22.0. The van der Waals surface area contributed by atoms with E-state index in [1.807, 2.05) is 32.0 Å². The number of halogens is 1. The molecule has 7 nitrogen and oxygen atoms in total. The monoisotopic (exact) mass is 422 g/mol. The van der Waals surface area contributed by atoms with Crippen LogP contribution in [0.15, 0.2) is 71.6 Å². The van der Waals surface area contributed by atoms with Crippen LogP contribution in [0.5, 0.6) is 0 Å². The summed E-state index contributed by atoms with van der Waals surface area (Å²) in [5, 5.41) is 5.16. The fourth-order valence-corrected chi connectivity index (χ4v) is 3.40. The van der Waals surface area contributed by atoms with Crippen molar-refractivity contribution in [3.05, 3.63) is 78.1 Å². The van der Waals surface area contributed by atoms with Gasteiger partial charge in [0, 0.05) is 38.1 Å². The lowest BCUT2D eigenvalue weighted by molar-refractivity contribution is -1.73. The van der Waals surface area contributed by atoms with Gasteiger partial charge in [0.25, 0.3) is 0 Å². The van der Waals surface area contributed by atoms with E-state index in [2.05, 4.69) is 28.8 Å². The normalized spacial score (nSPS) is 11.1. The van der Waals surface area contributed by atoms with E-state index in [0.29, 0.717) is 0 Å². The minimum Gasteiger partial charge on any atom is -0.357 e. The highest BCUT2D eigenvalue weighted by molar-refractivity contribution is 7.89. The molecule has 9 heteroatoms. The van der Waals surface area contributed by atoms with Crippen LogP contribution >= 0.6 is 0 Å². The van der Waals surface area contributed by atoms with Gasteiger partial charge in [-0.3, -0.25) is 0 Å². The Morgan fingerprint density at radius 1 is 0.821 bits per heavy atom. The predicted molar refractivity (Wildman–Crippen MR) is 94.3 cm³/mol. The van der Waals surface area contributed by atoms with Gasteiger partial charge in [-0.25, -0.2) is 13.6 Å². The smallest absolute Gasteiger partial charge is 0.238 e. The first-order chi connectivity index (χ1) is 13.1. The van der Waals surface area contributed by atoms with Crippen LogP contribution in [0.25, 0.3) is 16.8 Å². The SMILES string of the molecule is Cc1cc(-c2ccccc2)cc(C)[n+]1-c1ccc(S(N)(=O)=O)cc1.[O-][Cl+2]([O-])[O-]. The number of benzene rings is 2. The van der Waals surface area contributed by atoms with Gasteiger partial charge in [0.2, 0.25) is 15.7 Å².